The van der Waals surface area contributed by atoms with Crippen molar-refractivity contribution in [1.29, 1.82) is 0 Å². The van der Waals surface area contributed by atoms with Crippen molar-refractivity contribution < 1.29 is 14.0 Å². The molecule has 3 N–H and O–H groups in total. The van der Waals surface area contributed by atoms with Gasteiger partial charge in [-0.15, -0.1) is 0 Å². The first-order valence-corrected chi connectivity index (χ1v) is 8.72. The number of H-pyrrole nitrogens is 1. The van der Waals surface area contributed by atoms with Gasteiger partial charge in [-0.25, -0.2) is 9.37 Å². The summed E-state index contributed by atoms with van der Waals surface area (Å²) < 4.78 is 13.0. The van der Waals surface area contributed by atoms with E-state index in [0.29, 0.717) is 11.4 Å². The molecule has 0 aliphatic carbocycles. The molecular weight excluding hydrogens is 347 g/mol. The quantitative estimate of drug-likeness (QED) is 0.625. The molecule has 0 aliphatic heterocycles. The average Bonchev–Trinajstić information content (AvgIpc) is 3.07. The summed E-state index contributed by atoms with van der Waals surface area (Å²) in [6, 6.07) is 12.1. The molecule has 0 saturated heterocycles. The number of hydrogen-bond acceptors (Lipinski definition) is 3. The molecule has 0 aliphatic rings. The van der Waals surface area contributed by atoms with Crippen LogP contribution in [0.15, 0.2) is 48.5 Å². The molecule has 0 bridgehead atoms. The number of hydrogen-bond donors (Lipinski definition) is 3. The van der Waals surface area contributed by atoms with Crippen molar-refractivity contribution in [3.05, 3.63) is 65.7 Å². The topological polar surface area (TPSA) is 86.9 Å². The van der Waals surface area contributed by atoms with Gasteiger partial charge in [0.2, 0.25) is 5.91 Å². The molecule has 1 unspecified atom stereocenters. The molecule has 2 aromatic carbocycles. The van der Waals surface area contributed by atoms with Gasteiger partial charge in [-0.1, -0.05) is 26.0 Å². The lowest BCUT2D eigenvalue weighted by molar-refractivity contribution is -0.124. The van der Waals surface area contributed by atoms with Crippen LogP contribution in [0.2, 0.25) is 0 Å². The van der Waals surface area contributed by atoms with E-state index in [9.17, 15) is 14.0 Å². The number of benzene rings is 2. The summed E-state index contributed by atoms with van der Waals surface area (Å²) in [6.07, 6.45) is 0. The first-order chi connectivity index (χ1) is 12.9. The Morgan fingerprint density at radius 3 is 2.48 bits per heavy atom. The van der Waals surface area contributed by atoms with E-state index in [1.807, 2.05) is 38.1 Å². The molecule has 6 nitrogen and oxygen atoms in total. The molecule has 0 fully saturated rings. The molecule has 1 atom stereocenters. The minimum Gasteiger partial charge on any atom is -0.347 e. The highest BCUT2D eigenvalue weighted by molar-refractivity contribution is 5.97. The Labute approximate surface area is 156 Å². The lowest BCUT2D eigenvalue weighted by Crippen LogP contribution is -2.49. The normalized spacial score (nSPS) is 12.1. The summed E-state index contributed by atoms with van der Waals surface area (Å²) in [5.74, 6) is -0.633. The number of halogens is 1. The maximum Gasteiger partial charge on any atom is 0.251 e. The zero-order valence-corrected chi connectivity index (χ0v) is 15.1. The van der Waals surface area contributed by atoms with Crippen LogP contribution in [0.25, 0.3) is 11.0 Å². The highest BCUT2D eigenvalue weighted by atomic mass is 19.1. The predicted molar refractivity (Wildman–Crippen MR) is 100 cm³/mol. The molecule has 140 valence electrons. The average molecular weight is 368 g/mol. The molecule has 0 spiro atoms. The number of para-hydroxylation sites is 2. The third-order valence-corrected chi connectivity index (χ3v) is 4.21. The van der Waals surface area contributed by atoms with E-state index in [1.165, 1.54) is 24.3 Å². The van der Waals surface area contributed by atoms with Gasteiger partial charge in [0.05, 0.1) is 17.6 Å². The Balaban J connectivity index is 1.64. The zero-order valence-electron chi connectivity index (χ0n) is 15.1. The van der Waals surface area contributed by atoms with Gasteiger partial charge in [0.1, 0.15) is 17.7 Å². The van der Waals surface area contributed by atoms with Gasteiger partial charge >= 0.3 is 0 Å². The van der Waals surface area contributed by atoms with Gasteiger partial charge < -0.3 is 15.6 Å². The highest BCUT2D eigenvalue weighted by Crippen LogP contribution is 2.11. The van der Waals surface area contributed by atoms with Crippen molar-refractivity contribution in [1.82, 2.24) is 20.6 Å². The van der Waals surface area contributed by atoms with Crippen LogP contribution in [0, 0.1) is 11.7 Å². The second-order valence-corrected chi connectivity index (χ2v) is 6.62. The van der Waals surface area contributed by atoms with Crippen molar-refractivity contribution in [2.45, 2.75) is 26.4 Å². The number of fused-ring (bicyclic) bond motifs is 1. The Hall–Kier alpha value is -3.22. The van der Waals surface area contributed by atoms with Crippen LogP contribution in [0.1, 0.15) is 30.0 Å². The number of nitrogens with zero attached hydrogens (tertiary/aromatic N) is 1. The van der Waals surface area contributed by atoms with Crippen LogP contribution in [0.5, 0.6) is 0 Å². The maximum absolute atomic E-state index is 13.0. The minimum atomic E-state index is -0.716. The van der Waals surface area contributed by atoms with E-state index in [4.69, 9.17) is 0 Å². The standard InChI is InChI=1S/C20H21FN4O2/c1-12(2)18(25-19(26)13-7-9-14(21)10-8-13)20(27)22-11-17-23-15-5-3-4-6-16(15)24-17/h3-10,12,18H,11H2,1-2H3,(H,22,27)(H,23,24)(H,25,26). The van der Waals surface area contributed by atoms with Gasteiger partial charge in [0.15, 0.2) is 0 Å². The maximum atomic E-state index is 13.0. The van der Waals surface area contributed by atoms with Gasteiger partial charge in [0.25, 0.3) is 5.91 Å². The van der Waals surface area contributed by atoms with E-state index in [0.717, 1.165) is 11.0 Å². The SMILES string of the molecule is CC(C)C(NC(=O)c1ccc(F)cc1)C(=O)NCc1nc2ccccc2[nH]1. The number of rotatable bonds is 6. The third-order valence-electron chi connectivity index (χ3n) is 4.21. The fraction of sp³-hybridized carbons (Fsp3) is 0.250. The lowest BCUT2D eigenvalue weighted by atomic mass is 10.0. The molecule has 2 amide bonds. The number of carbonyl (C=O) groups is 2. The molecule has 27 heavy (non-hydrogen) atoms. The lowest BCUT2D eigenvalue weighted by Gasteiger charge is -2.21. The second-order valence-electron chi connectivity index (χ2n) is 6.62. The molecule has 3 aromatic rings. The molecule has 0 radical (unpaired) electrons. The number of carbonyl (C=O) groups excluding carboxylic acids is 2. The summed E-state index contributed by atoms with van der Waals surface area (Å²) >= 11 is 0. The Kier molecular flexibility index (Phi) is 5.49. The number of imidazole rings is 1. The Morgan fingerprint density at radius 2 is 1.81 bits per heavy atom. The van der Waals surface area contributed by atoms with E-state index in [1.54, 1.807) is 0 Å². The second kappa shape index (κ2) is 7.99. The zero-order chi connectivity index (χ0) is 19.4. The summed E-state index contributed by atoms with van der Waals surface area (Å²) in [5, 5.41) is 5.51. The first-order valence-electron chi connectivity index (χ1n) is 8.72. The van der Waals surface area contributed by atoms with Crippen molar-refractivity contribution in [2.24, 2.45) is 5.92 Å². The summed E-state index contributed by atoms with van der Waals surface area (Å²) in [6.45, 7) is 3.91. The van der Waals surface area contributed by atoms with E-state index >= 15 is 0 Å². The molecule has 3 rings (SSSR count). The molecular formula is C20H21FN4O2. The summed E-state index contributed by atoms with van der Waals surface area (Å²) in [5.41, 5.74) is 2.02. The monoisotopic (exact) mass is 368 g/mol. The van der Waals surface area contributed by atoms with E-state index in [-0.39, 0.29) is 18.4 Å². The first kappa shape index (κ1) is 18.6. The van der Waals surface area contributed by atoms with Crippen LogP contribution >= 0.6 is 0 Å². The fourth-order valence-electron chi connectivity index (χ4n) is 2.73. The van der Waals surface area contributed by atoms with Gasteiger partial charge in [-0.3, -0.25) is 9.59 Å². The van der Waals surface area contributed by atoms with Crippen molar-refractivity contribution in [2.75, 3.05) is 0 Å². The Morgan fingerprint density at radius 1 is 1.11 bits per heavy atom. The van der Waals surface area contributed by atoms with E-state index in [2.05, 4.69) is 20.6 Å². The van der Waals surface area contributed by atoms with Crippen molar-refractivity contribution in [3.63, 3.8) is 0 Å². The molecule has 0 saturated carbocycles. The highest BCUT2D eigenvalue weighted by Gasteiger charge is 2.24. The van der Waals surface area contributed by atoms with Crippen molar-refractivity contribution >= 4 is 22.8 Å². The number of amides is 2. The molecule has 1 heterocycles. The van der Waals surface area contributed by atoms with Crippen LogP contribution in [0.3, 0.4) is 0 Å². The van der Waals surface area contributed by atoms with Crippen LogP contribution < -0.4 is 10.6 Å². The van der Waals surface area contributed by atoms with Crippen molar-refractivity contribution in [3.8, 4) is 0 Å². The number of aromatic nitrogens is 2. The predicted octanol–water partition coefficient (Wildman–Crippen LogP) is 2.77. The van der Waals surface area contributed by atoms with E-state index < -0.39 is 17.8 Å². The number of nitrogens with one attached hydrogen (secondary N) is 3. The largest absolute Gasteiger partial charge is 0.347 e. The minimum absolute atomic E-state index is 0.120. The van der Waals surface area contributed by atoms with Gasteiger partial charge in [0, 0.05) is 5.56 Å². The number of aromatic amines is 1. The van der Waals surface area contributed by atoms with Crippen LogP contribution in [0.4, 0.5) is 4.39 Å². The fourth-order valence-corrected chi connectivity index (χ4v) is 2.73. The third kappa shape index (κ3) is 4.49. The molecule has 1 aromatic heterocycles. The molecule has 7 heteroatoms. The van der Waals surface area contributed by atoms with Gasteiger partial charge in [-0.05, 0) is 42.3 Å². The Bertz CT molecular complexity index is 917. The van der Waals surface area contributed by atoms with Crippen LogP contribution in [-0.4, -0.2) is 27.8 Å². The van der Waals surface area contributed by atoms with Gasteiger partial charge in [-0.2, -0.15) is 0 Å². The van der Waals surface area contributed by atoms with Crippen LogP contribution in [-0.2, 0) is 11.3 Å². The summed E-state index contributed by atoms with van der Waals surface area (Å²) in [4.78, 5) is 32.5. The summed E-state index contributed by atoms with van der Waals surface area (Å²) in [7, 11) is 0. The smallest absolute Gasteiger partial charge is 0.251 e.